The number of para-hydroxylation sites is 1. The zero-order valence-corrected chi connectivity index (χ0v) is 19.5. The smallest absolute Gasteiger partial charge is 0.159 e. The molecule has 6 rings (SSSR count). The fourth-order valence-corrected chi connectivity index (χ4v) is 4.75. The number of imidazole rings is 1. The molecule has 34 heavy (non-hydrogen) atoms. The van der Waals surface area contributed by atoms with Gasteiger partial charge in [0.25, 0.3) is 0 Å². The molecule has 1 aliphatic heterocycles. The van der Waals surface area contributed by atoms with E-state index in [1.165, 1.54) is 5.69 Å². The van der Waals surface area contributed by atoms with Gasteiger partial charge in [-0.2, -0.15) is 5.10 Å². The highest BCUT2D eigenvalue weighted by Gasteiger charge is 2.20. The molecule has 0 saturated carbocycles. The zero-order valence-electron chi connectivity index (χ0n) is 19.5. The van der Waals surface area contributed by atoms with Crippen LogP contribution in [0.2, 0.25) is 0 Å². The quantitative estimate of drug-likeness (QED) is 0.377. The molecule has 0 bridgehead atoms. The lowest BCUT2D eigenvalue weighted by molar-refractivity contribution is 0.313. The van der Waals surface area contributed by atoms with E-state index < -0.39 is 0 Å². The third-order valence-corrected chi connectivity index (χ3v) is 6.63. The highest BCUT2D eigenvalue weighted by molar-refractivity contribution is 5.97. The Hall–Kier alpha value is -3.75. The normalized spacial score (nSPS) is 14.9. The molecule has 172 valence electrons. The summed E-state index contributed by atoms with van der Waals surface area (Å²) in [6, 6.07) is 14.9. The van der Waals surface area contributed by atoms with Crippen molar-refractivity contribution in [2.45, 2.75) is 6.54 Å². The maximum Gasteiger partial charge on any atom is 0.159 e. The van der Waals surface area contributed by atoms with Crippen LogP contribution in [0, 0.1) is 0 Å². The molecule has 3 aromatic heterocycles. The van der Waals surface area contributed by atoms with E-state index in [-0.39, 0.29) is 0 Å². The van der Waals surface area contributed by atoms with Crippen molar-refractivity contribution in [3.8, 4) is 22.6 Å². The minimum Gasteiger partial charge on any atom is -0.367 e. The van der Waals surface area contributed by atoms with Gasteiger partial charge >= 0.3 is 0 Å². The SMILES string of the molecule is CNCc1cncc(-c2ccc3[nH]nc(-c4nc5c(N6CCN(C)CC6)cccc5[nH]4)c3c2)c1. The van der Waals surface area contributed by atoms with Crippen LogP contribution < -0.4 is 10.2 Å². The summed E-state index contributed by atoms with van der Waals surface area (Å²) < 4.78 is 0. The van der Waals surface area contributed by atoms with Crippen LogP contribution in [0.1, 0.15) is 5.56 Å². The summed E-state index contributed by atoms with van der Waals surface area (Å²) in [5.41, 5.74) is 8.37. The number of piperazine rings is 1. The molecule has 1 aliphatic rings. The number of anilines is 1. The van der Waals surface area contributed by atoms with Gasteiger partial charge < -0.3 is 20.1 Å². The lowest BCUT2D eigenvalue weighted by Gasteiger charge is -2.34. The molecular weight excluding hydrogens is 424 g/mol. The van der Waals surface area contributed by atoms with Crippen LogP contribution in [-0.2, 0) is 6.54 Å². The lowest BCUT2D eigenvalue weighted by Crippen LogP contribution is -2.44. The van der Waals surface area contributed by atoms with Gasteiger partial charge in [0.15, 0.2) is 5.82 Å². The molecular formula is C26H28N8. The standard InChI is InChI=1S/C26H28N8/c1-27-14-17-12-19(16-28-15-17)18-6-7-21-20(13-18)24(32-31-21)26-29-22-4-3-5-23(25(22)30-26)34-10-8-33(2)9-11-34/h3-7,12-13,15-16,27H,8-11,14H2,1-2H3,(H,29,30)(H,31,32). The molecule has 5 aromatic rings. The number of pyridine rings is 1. The summed E-state index contributed by atoms with van der Waals surface area (Å²) in [5.74, 6) is 0.780. The van der Waals surface area contributed by atoms with Gasteiger partial charge in [-0.3, -0.25) is 10.1 Å². The zero-order chi connectivity index (χ0) is 23.1. The van der Waals surface area contributed by atoms with E-state index in [4.69, 9.17) is 4.98 Å². The Balaban J connectivity index is 1.41. The highest BCUT2D eigenvalue weighted by atomic mass is 15.3. The third kappa shape index (κ3) is 3.70. The van der Waals surface area contributed by atoms with Crippen molar-refractivity contribution in [2.75, 3.05) is 45.2 Å². The van der Waals surface area contributed by atoms with Crippen LogP contribution in [0.5, 0.6) is 0 Å². The van der Waals surface area contributed by atoms with Gasteiger partial charge in [0.05, 0.1) is 16.7 Å². The minimum absolute atomic E-state index is 0.780. The minimum atomic E-state index is 0.780. The van der Waals surface area contributed by atoms with Gasteiger partial charge in [-0.1, -0.05) is 12.1 Å². The van der Waals surface area contributed by atoms with Crippen LogP contribution >= 0.6 is 0 Å². The molecule has 0 atom stereocenters. The van der Waals surface area contributed by atoms with E-state index in [1.54, 1.807) is 0 Å². The Morgan fingerprint density at radius 3 is 2.71 bits per heavy atom. The molecule has 0 amide bonds. The van der Waals surface area contributed by atoms with Gasteiger partial charge in [-0.25, -0.2) is 4.98 Å². The van der Waals surface area contributed by atoms with E-state index in [2.05, 4.69) is 84.8 Å². The number of hydrogen-bond acceptors (Lipinski definition) is 6. The predicted molar refractivity (Wildman–Crippen MR) is 137 cm³/mol. The Bertz CT molecular complexity index is 1460. The van der Waals surface area contributed by atoms with Crippen molar-refractivity contribution in [1.29, 1.82) is 0 Å². The molecule has 4 heterocycles. The fraction of sp³-hybridized carbons (Fsp3) is 0.269. The number of nitrogens with one attached hydrogen (secondary N) is 3. The second-order valence-electron chi connectivity index (χ2n) is 8.99. The molecule has 8 nitrogen and oxygen atoms in total. The first-order valence-electron chi connectivity index (χ1n) is 11.7. The summed E-state index contributed by atoms with van der Waals surface area (Å²) in [6.45, 7) is 4.92. The van der Waals surface area contributed by atoms with Crippen LogP contribution in [0.3, 0.4) is 0 Å². The Morgan fingerprint density at radius 2 is 1.85 bits per heavy atom. The maximum absolute atomic E-state index is 5.03. The molecule has 0 spiro atoms. The van der Waals surface area contributed by atoms with Gasteiger partial charge in [0.1, 0.15) is 11.2 Å². The average Bonchev–Trinajstić information content (AvgIpc) is 3.48. The fourth-order valence-electron chi connectivity index (χ4n) is 4.75. The monoisotopic (exact) mass is 452 g/mol. The predicted octanol–water partition coefficient (Wildman–Crippen LogP) is 3.64. The molecule has 0 radical (unpaired) electrons. The summed E-state index contributed by atoms with van der Waals surface area (Å²) >= 11 is 0. The number of hydrogen-bond donors (Lipinski definition) is 3. The third-order valence-electron chi connectivity index (χ3n) is 6.63. The summed E-state index contributed by atoms with van der Waals surface area (Å²) in [6.07, 6.45) is 3.80. The van der Waals surface area contributed by atoms with Crippen molar-refractivity contribution >= 4 is 27.6 Å². The topological polar surface area (TPSA) is 88.8 Å². The largest absolute Gasteiger partial charge is 0.367 e. The highest BCUT2D eigenvalue weighted by Crippen LogP contribution is 2.33. The van der Waals surface area contributed by atoms with E-state index >= 15 is 0 Å². The number of likely N-dealkylation sites (N-methyl/N-ethyl adjacent to an activating group) is 1. The van der Waals surface area contributed by atoms with E-state index in [9.17, 15) is 0 Å². The van der Waals surface area contributed by atoms with Crippen molar-refractivity contribution in [1.82, 2.24) is 35.4 Å². The Morgan fingerprint density at radius 1 is 0.971 bits per heavy atom. The number of benzene rings is 2. The lowest BCUT2D eigenvalue weighted by atomic mass is 10.0. The summed E-state index contributed by atoms with van der Waals surface area (Å²) in [5, 5.41) is 12.0. The first-order valence-corrected chi connectivity index (χ1v) is 11.7. The van der Waals surface area contributed by atoms with E-state index in [0.717, 1.165) is 82.9 Å². The van der Waals surface area contributed by atoms with Crippen molar-refractivity contribution in [2.24, 2.45) is 0 Å². The summed E-state index contributed by atoms with van der Waals surface area (Å²) in [4.78, 5) is 17.8. The number of H-pyrrole nitrogens is 2. The Kier molecular flexibility index (Phi) is 5.24. The average molecular weight is 453 g/mol. The Labute approximate surface area is 198 Å². The van der Waals surface area contributed by atoms with Crippen molar-refractivity contribution in [3.05, 3.63) is 60.4 Å². The second kappa shape index (κ2) is 8.55. The molecule has 3 N–H and O–H groups in total. The first kappa shape index (κ1) is 20.8. The van der Waals surface area contributed by atoms with Gasteiger partial charge in [-0.15, -0.1) is 0 Å². The molecule has 0 unspecified atom stereocenters. The molecule has 2 aromatic carbocycles. The molecule has 8 heteroatoms. The van der Waals surface area contributed by atoms with Gasteiger partial charge in [0.2, 0.25) is 0 Å². The van der Waals surface area contributed by atoms with Crippen LogP contribution in [-0.4, -0.2) is 70.3 Å². The number of rotatable bonds is 5. The van der Waals surface area contributed by atoms with Crippen molar-refractivity contribution < 1.29 is 0 Å². The van der Waals surface area contributed by atoms with E-state index in [0.29, 0.717) is 0 Å². The molecule has 1 saturated heterocycles. The number of nitrogens with zero attached hydrogens (tertiary/aromatic N) is 5. The maximum atomic E-state index is 5.03. The number of fused-ring (bicyclic) bond motifs is 2. The second-order valence-corrected chi connectivity index (χ2v) is 8.99. The number of aromatic amines is 2. The summed E-state index contributed by atoms with van der Waals surface area (Å²) in [7, 11) is 4.12. The van der Waals surface area contributed by atoms with Gasteiger partial charge in [-0.05, 0) is 55.6 Å². The number of aromatic nitrogens is 5. The van der Waals surface area contributed by atoms with Crippen molar-refractivity contribution in [3.63, 3.8) is 0 Å². The molecule has 0 aliphatic carbocycles. The molecule has 1 fully saturated rings. The first-order chi connectivity index (χ1) is 16.7. The van der Waals surface area contributed by atoms with Crippen LogP contribution in [0.25, 0.3) is 44.6 Å². The van der Waals surface area contributed by atoms with Gasteiger partial charge in [0, 0.05) is 56.1 Å². The van der Waals surface area contributed by atoms with E-state index in [1.807, 2.05) is 19.4 Å². The van der Waals surface area contributed by atoms with Crippen LogP contribution in [0.15, 0.2) is 54.9 Å². The van der Waals surface area contributed by atoms with Crippen LogP contribution in [0.4, 0.5) is 5.69 Å².